The number of carbonyl (C=O) groups excluding carboxylic acids is 1. The minimum atomic E-state index is -0.181. The fraction of sp³-hybridized carbons (Fsp3) is 0.211. The van der Waals surface area contributed by atoms with Gasteiger partial charge in [0.2, 0.25) is 0 Å². The number of thioether (sulfide) groups is 1. The van der Waals surface area contributed by atoms with E-state index in [0.29, 0.717) is 40.5 Å². The number of amides is 1. The summed E-state index contributed by atoms with van der Waals surface area (Å²) in [6, 6.07) is 14.8. The Morgan fingerprint density at radius 3 is 2.85 bits per heavy atom. The maximum Gasteiger partial charge on any atom is 0.262 e. The molecule has 7 heteroatoms. The van der Waals surface area contributed by atoms with E-state index < -0.39 is 0 Å². The van der Waals surface area contributed by atoms with Crippen molar-refractivity contribution >= 4 is 41.2 Å². The van der Waals surface area contributed by atoms with Crippen LogP contribution in [0.5, 0.6) is 0 Å². The van der Waals surface area contributed by atoms with Crippen molar-refractivity contribution in [1.29, 1.82) is 0 Å². The first-order chi connectivity index (χ1) is 12.7. The van der Waals surface area contributed by atoms with Gasteiger partial charge in [0, 0.05) is 29.7 Å². The third-order valence-corrected chi connectivity index (χ3v) is 6.20. The van der Waals surface area contributed by atoms with Gasteiger partial charge in [-0.3, -0.25) is 14.2 Å². The van der Waals surface area contributed by atoms with Crippen LogP contribution in [0.2, 0.25) is 0 Å². The van der Waals surface area contributed by atoms with E-state index in [0.717, 1.165) is 5.56 Å². The number of nitrogens with one attached hydrogen (secondary N) is 1. The van der Waals surface area contributed by atoms with Crippen LogP contribution in [-0.2, 0) is 13.1 Å². The summed E-state index contributed by atoms with van der Waals surface area (Å²) < 4.78 is 1.70. The summed E-state index contributed by atoms with van der Waals surface area (Å²) in [5, 5.41) is 4.38. The lowest BCUT2D eigenvalue weighted by molar-refractivity contribution is 0.0951. The Morgan fingerprint density at radius 2 is 2.08 bits per heavy atom. The fourth-order valence-electron chi connectivity index (χ4n) is 2.96. The topological polar surface area (TPSA) is 64.0 Å². The van der Waals surface area contributed by atoms with E-state index in [1.807, 2.05) is 30.3 Å². The molecule has 0 bridgehead atoms. The lowest BCUT2D eigenvalue weighted by Crippen LogP contribution is -2.24. The van der Waals surface area contributed by atoms with E-state index >= 15 is 0 Å². The number of fused-ring (bicyclic) bond motifs is 2. The number of hydrogen-bond acceptors (Lipinski definition) is 5. The van der Waals surface area contributed by atoms with Gasteiger partial charge in [0.25, 0.3) is 11.5 Å². The summed E-state index contributed by atoms with van der Waals surface area (Å²) in [5.74, 6) is 0.510. The number of rotatable bonds is 4. The van der Waals surface area contributed by atoms with Crippen molar-refractivity contribution in [3.63, 3.8) is 0 Å². The van der Waals surface area contributed by atoms with Crippen LogP contribution in [0.15, 0.2) is 58.5 Å². The number of aromatic nitrogens is 2. The average Bonchev–Trinajstić information content (AvgIpc) is 3.10. The van der Waals surface area contributed by atoms with Crippen molar-refractivity contribution in [2.45, 2.75) is 23.5 Å². The molecule has 1 aliphatic rings. The van der Waals surface area contributed by atoms with Gasteiger partial charge in [0.15, 0.2) is 5.16 Å². The monoisotopic (exact) mass is 383 g/mol. The summed E-state index contributed by atoms with van der Waals surface area (Å²) in [6.07, 6.45) is 0. The number of carbonyl (C=O) groups is 1. The minimum Gasteiger partial charge on any atom is -0.348 e. The maximum atomic E-state index is 12.7. The Kier molecular flexibility index (Phi) is 4.74. The molecule has 0 saturated carbocycles. The molecule has 1 atom stereocenters. The van der Waals surface area contributed by atoms with Gasteiger partial charge in [-0.2, -0.15) is 12.6 Å². The Morgan fingerprint density at radius 1 is 1.27 bits per heavy atom. The molecule has 1 aliphatic heterocycles. The summed E-state index contributed by atoms with van der Waals surface area (Å²) in [7, 11) is 0. The van der Waals surface area contributed by atoms with Gasteiger partial charge < -0.3 is 5.32 Å². The predicted octanol–water partition coefficient (Wildman–Crippen LogP) is 2.73. The standard InChI is InChI=1S/C19H17N3O2S2/c23-17(20-9-12-4-2-1-3-5-12)13-6-7-15-16(8-13)21-19-22(18(15)24)10-14(11-25)26-19/h1-8,14,25H,9-11H2,(H,20,23)/t14-/m1/s1. The zero-order valence-electron chi connectivity index (χ0n) is 13.9. The van der Waals surface area contributed by atoms with E-state index in [9.17, 15) is 9.59 Å². The summed E-state index contributed by atoms with van der Waals surface area (Å²) in [4.78, 5) is 29.7. The van der Waals surface area contributed by atoms with Crippen LogP contribution in [0.3, 0.4) is 0 Å². The third-order valence-electron chi connectivity index (χ3n) is 4.34. The zero-order valence-corrected chi connectivity index (χ0v) is 15.6. The Balaban J connectivity index is 1.61. The molecule has 2 heterocycles. The van der Waals surface area contributed by atoms with Gasteiger partial charge in [-0.1, -0.05) is 42.1 Å². The van der Waals surface area contributed by atoms with Gasteiger partial charge in [-0.15, -0.1) is 0 Å². The molecule has 0 radical (unpaired) electrons. The van der Waals surface area contributed by atoms with Gasteiger partial charge in [0.05, 0.1) is 10.9 Å². The Labute approximate surface area is 160 Å². The largest absolute Gasteiger partial charge is 0.348 e. The highest BCUT2D eigenvalue weighted by atomic mass is 32.2. The van der Waals surface area contributed by atoms with Gasteiger partial charge in [0.1, 0.15) is 0 Å². The van der Waals surface area contributed by atoms with Crippen molar-refractivity contribution < 1.29 is 4.79 Å². The molecule has 4 rings (SSSR count). The minimum absolute atomic E-state index is 0.0574. The second kappa shape index (κ2) is 7.17. The second-order valence-corrected chi connectivity index (χ2v) is 7.77. The lowest BCUT2D eigenvalue weighted by Gasteiger charge is -2.08. The summed E-state index contributed by atoms with van der Waals surface area (Å²) in [6.45, 7) is 1.09. The molecule has 0 fully saturated rings. The molecule has 0 unspecified atom stereocenters. The molecule has 5 nitrogen and oxygen atoms in total. The van der Waals surface area contributed by atoms with Crippen LogP contribution in [0.25, 0.3) is 10.9 Å². The summed E-state index contributed by atoms with van der Waals surface area (Å²) in [5.41, 5.74) is 2.03. The van der Waals surface area contributed by atoms with Crippen LogP contribution in [0.1, 0.15) is 15.9 Å². The summed E-state index contributed by atoms with van der Waals surface area (Å²) >= 11 is 5.88. The SMILES string of the molecule is O=C(NCc1ccccc1)c1ccc2c(=O)n3c(nc2c1)S[C@@H](CS)C3. The average molecular weight is 383 g/mol. The molecular weight excluding hydrogens is 366 g/mol. The number of hydrogen-bond donors (Lipinski definition) is 2. The Bertz CT molecular complexity index is 1030. The molecule has 1 amide bonds. The number of nitrogens with zero attached hydrogens (tertiary/aromatic N) is 2. The molecule has 0 saturated heterocycles. The quantitative estimate of drug-likeness (QED) is 0.537. The smallest absolute Gasteiger partial charge is 0.262 e. The van der Waals surface area contributed by atoms with Crippen molar-refractivity contribution in [1.82, 2.24) is 14.9 Å². The highest BCUT2D eigenvalue weighted by Crippen LogP contribution is 2.30. The number of thiol groups is 1. The van der Waals surface area contributed by atoms with Crippen molar-refractivity contribution in [2.24, 2.45) is 0 Å². The van der Waals surface area contributed by atoms with Crippen LogP contribution in [0, 0.1) is 0 Å². The molecule has 1 N–H and O–H groups in total. The van der Waals surface area contributed by atoms with Crippen LogP contribution >= 0.6 is 24.4 Å². The molecule has 1 aromatic heterocycles. The molecule has 2 aromatic carbocycles. The molecule has 0 aliphatic carbocycles. The lowest BCUT2D eigenvalue weighted by atomic mass is 10.1. The predicted molar refractivity (Wildman–Crippen MR) is 107 cm³/mol. The van der Waals surface area contributed by atoms with Gasteiger partial charge in [-0.25, -0.2) is 4.98 Å². The van der Waals surface area contributed by atoms with Crippen LogP contribution in [0.4, 0.5) is 0 Å². The highest BCUT2D eigenvalue weighted by molar-refractivity contribution is 8.00. The van der Waals surface area contributed by atoms with E-state index in [1.54, 1.807) is 34.5 Å². The highest BCUT2D eigenvalue weighted by Gasteiger charge is 2.24. The van der Waals surface area contributed by atoms with Crippen LogP contribution < -0.4 is 10.9 Å². The normalized spacial score (nSPS) is 15.8. The van der Waals surface area contributed by atoms with E-state index in [2.05, 4.69) is 22.9 Å². The fourth-order valence-corrected chi connectivity index (χ4v) is 4.33. The first-order valence-electron chi connectivity index (χ1n) is 8.30. The molecular formula is C19H17N3O2S2. The molecule has 26 heavy (non-hydrogen) atoms. The van der Waals surface area contributed by atoms with E-state index in [1.165, 1.54) is 0 Å². The third kappa shape index (κ3) is 3.24. The zero-order chi connectivity index (χ0) is 18.1. The molecule has 0 spiro atoms. The van der Waals surface area contributed by atoms with Crippen molar-refractivity contribution in [3.05, 3.63) is 70.0 Å². The first kappa shape index (κ1) is 17.2. The van der Waals surface area contributed by atoms with E-state index in [4.69, 9.17) is 0 Å². The molecule has 132 valence electrons. The second-order valence-electron chi connectivity index (χ2n) is 6.13. The van der Waals surface area contributed by atoms with E-state index in [-0.39, 0.29) is 16.7 Å². The van der Waals surface area contributed by atoms with Crippen LogP contribution in [-0.4, -0.2) is 26.5 Å². The van der Waals surface area contributed by atoms with Crippen molar-refractivity contribution in [2.75, 3.05) is 5.75 Å². The maximum absolute atomic E-state index is 12.7. The van der Waals surface area contributed by atoms with Gasteiger partial charge >= 0.3 is 0 Å². The molecule has 3 aromatic rings. The Hall–Kier alpha value is -2.25. The first-order valence-corrected chi connectivity index (χ1v) is 9.81. The number of benzene rings is 2. The van der Waals surface area contributed by atoms with Crippen molar-refractivity contribution in [3.8, 4) is 0 Å². The van der Waals surface area contributed by atoms with Gasteiger partial charge in [-0.05, 0) is 23.8 Å².